The van der Waals surface area contributed by atoms with Crippen molar-refractivity contribution < 1.29 is 0 Å². The summed E-state index contributed by atoms with van der Waals surface area (Å²) in [7, 11) is 0. The molecule has 2 N–H and O–H groups in total. The number of hydrogen-bond acceptors (Lipinski definition) is 2. The van der Waals surface area contributed by atoms with Crippen LogP contribution in [-0.2, 0) is 0 Å². The zero-order chi connectivity index (χ0) is 22.0. The molecule has 0 aromatic rings. The number of unbranched alkanes of at least 4 members (excludes halogenated alkanes) is 16. The minimum atomic E-state index is 0.545. The van der Waals surface area contributed by atoms with Crippen molar-refractivity contribution in [1.82, 2.24) is 4.90 Å². The van der Waals surface area contributed by atoms with Crippen molar-refractivity contribution >= 4 is 0 Å². The third kappa shape index (κ3) is 11.1. The molecule has 0 spiro atoms. The molecule has 3 aliphatic carbocycles. The molecule has 0 radical (unpaired) electrons. The van der Waals surface area contributed by atoms with Crippen LogP contribution < -0.4 is 5.73 Å². The molecule has 3 saturated carbocycles. The summed E-state index contributed by atoms with van der Waals surface area (Å²) in [5.74, 6) is 1.06. The van der Waals surface area contributed by atoms with Gasteiger partial charge >= 0.3 is 0 Å². The van der Waals surface area contributed by atoms with Crippen LogP contribution in [0.4, 0.5) is 0 Å². The van der Waals surface area contributed by atoms with Gasteiger partial charge in [-0.2, -0.15) is 0 Å². The highest BCUT2D eigenvalue weighted by Crippen LogP contribution is 2.47. The molecule has 0 amide bonds. The van der Waals surface area contributed by atoms with Crippen LogP contribution in [0.1, 0.15) is 155 Å². The smallest absolute Gasteiger partial charge is 0.0210 e. The lowest BCUT2D eigenvalue weighted by atomic mass is 9.65. The van der Waals surface area contributed by atoms with Crippen LogP contribution in [0, 0.1) is 5.92 Å². The largest absolute Gasteiger partial charge is 0.329 e. The second kappa shape index (κ2) is 17.4. The predicted molar refractivity (Wildman–Crippen MR) is 139 cm³/mol. The average Bonchev–Trinajstić information content (AvgIpc) is 2.81. The molecule has 0 heterocycles. The van der Waals surface area contributed by atoms with Gasteiger partial charge in [-0.3, -0.25) is 4.90 Å². The van der Waals surface area contributed by atoms with Crippen LogP contribution in [0.15, 0.2) is 0 Å². The van der Waals surface area contributed by atoms with Crippen LogP contribution in [-0.4, -0.2) is 30.1 Å². The number of nitrogens with two attached hydrogens (primary N) is 1. The molecule has 0 atom stereocenters. The second-order valence-electron chi connectivity index (χ2n) is 11.1. The molecule has 184 valence electrons. The third-order valence-electron chi connectivity index (χ3n) is 8.66. The van der Waals surface area contributed by atoms with Crippen molar-refractivity contribution in [2.45, 2.75) is 160 Å². The summed E-state index contributed by atoms with van der Waals surface area (Å²) in [5.41, 5.74) is 6.53. The van der Waals surface area contributed by atoms with Gasteiger partial charge in [-0.05, 0) is 57.4 Å². The Morgan fingerprint density at radius 2 is 0.968 bits per heavy atom. The summed E-state index contributed by atoms with van der Waals surface area (Å²) in [4.78, 5) is 2.83. The summed E-state index contributed by atoms with van der Waals surface area (Å²) in [6.07, 6.45) is 33.6. The number of nitrogens with zero attached hydrogens (tertiary/aromatic N) is 1. The third-order valence-corrected chi connectivity index (χ3v) is 8.66. The SMILES string of the molecule is CCCCCCCCCCCCCCCCCCCN(CCN)C12CCC(CC1)CC2. The van der Waals surface area contributed by atoms with Crippen molar-refractivity contribution in [2.24, 2.45) is 11.7 Å². The summed E-state index contributed by atoms with van der Waals surface area (Å²) in [6.45, 7) is 5.58. The van der Waals surface area contributed by atoms with Crippen molar-refractivity contribution in [3.05, 3.63) is 0 Å². The van der Waals surface area contributed by atoms with Gasteiger partial charge in [0.25, 0.3) is 0 Å². The average molecular weight is 435 g/mol. The topological polar surface area (TPSA) is 29.3 Å². The van der Waals surface area contributed by atoms with E-state index in [-0.39, 0.29) is 0 Å². The molecule has 0 aliphatic heterocycles. The van der Waals surface area contributed by atoms with Gasteiger partial charge in [0.15, 0.2) is 0 Å². The van der Waals surface area contributed by atoms with Crippen molar-refractivity contribution in [3.8, 4) is 0 Å². The molecule has 0 unspecified atom stereocenters. The van der Waals surface area contributed by atoms with Crippen molar-refractivity contribution in [3.63, 3.8) is 0 Å². The quantitative estimate of drug-likeness (QED) is 0.183. The first-order valence-electron chi connectivity index (χ1n) is 14.8. The minimum Gasteiger partial charge on any atom is -0.329 e. The Bertz CT molecular complexity index is 386. The van der Waals surface area contributed by atoms with Gasteiger partial charge in [-0.15, -0.1) is 0 Å². The van der Waals surface area contributed by atoms with Crippen LogP contribution in [0.25, 0.3) is 0 Å². The highest BCUT2D eigenvalue weighted by atomic mass is 15.2. The molecule has 31 heavy (non-hydrogen) atoms. The second-order valence-corrected chi connectivity index (χ2v) is 11.1. The van der Waals surface area contributed by atoms with Crippen LogP contribution in [0.3, 0.4) is 0 Å². The van der Waals surface area contributed by atoms with E-state index in [9.17, 15) is 0 Å². The van der Waals surface area contributed by atoms with Gasteiger partial charge in [0, 0.05) is 18.6 Å². The zero-order valence-electron chi connectivity index (χ0n) is 21.5. The number of fused-ring (bicyclic) bond motifs is 3. The lowest BCUT2D eigenvalue weighted by Crippen LogP contribution is -2.55. The normalized spacial score (nSPS) is 23.1. The maximum atomic E-state index is 5.99. The summed E-state index contributed by atoms with van der Waals surface area (Å²) in [5, 5.41) is 0. The molecular weight excluding hydrogens is 376 g/mol. The fourth-order valence-corrected chi connectivity index (χ4v) is 6.47. The van der Waals surface area contributed by atoms with Crippen LogP contribution >= 0.6 is 0 Å². The van der Waals surface area contributed by atoms with E-state index in [4.69, 9.17) is 5.73 Å². The van der Waals surface area contributed by atoms with Crippen molar-refractivity contribution in [2.75, 3.05) is 19.6 Å². The van der Waals surface area contributed by atoms with E-state index in [1.807, 2.05) is 0 Å². The minimum absolute atomic E-state index is 0.545. The molecule has 3 rings (SSSR count). The molecule has 2 nitrogen and oxygen atoms in total. The Morgan fingerprint density at radius 1 is 0.581 bits per heavy atom. The Hall–Kier alpha value is -0.0800. The molecule has 0 aromatic carbocycles. The number of rotatable bonds is 21. The van der Waals surface area contributed by atoms with E-state index >= 15 is 0 Å². The molecule has 2 heteroatoms. The van der Waals surface area contributed by atoms with Gasteiger partial charge in [0.05, 0.1) is 0 Å². The fraction of sp³-hybridized carbons (Fsp3) is 1.00. The van der Waals surface area contributed by atoms with Gasteiger partial charge < -0.3 is 5.73 Å². The highest BCUT2D eigenvalue weighted by molar-refractivity contribution is 4.99. The predicted octanol–water partition coefficient (Wildman–Crippen LogP) is 8.62. The summed E-state index contributed by atoms with van der Waals surface area (Å²) >= 11 is 0. The Labute approximate surface area is 196 Å². The Balaban J connectivity index is 1.36. The molecule has 2 bridgehead atoms. The zero-order valence-corrected chi connectivity index (χ0v) is 21.5. The lowest BCUT2D eigenvalue weighted by Gasteiger charge is -2.53. The molecular formula is C29H58N2. The van der Waals surface area contributed by atoms with E-state index < -0.39 is 0 Å². The highest BCUT2D eigenvalue weighted by Gasteiger charge is 2.43. The van der Waals surface area contributed by atoms with Gasteiger partial charge in [0.1, 0.15) is 0 Å². The first-order chi connectivity index (χ1) is 15.3. The Kier molecular flexibility index (Phi) is 15.3. The van der Waals surface area contributed by atoms with E-state index in [2.05, 4.69) is 11.8 Å². The molecule has 0 aromatic heterocycles. The van der Waals surface area contributed by atoms with E-state index in [0.29, 0.717) is 5.54 Å². The van der Waals surface area contributed by atoms with E-state index in [1.54, 1.807) is 0 Å². The maximum Gasteiger partial charge on any atom is 0.0210 e. The van der Waals surface area contributed by atoms with Gasteiger partial charge in [-0.1, -0.05) is 110 Å². The van der Waals surface area contributed by atoms with E-state index in [0.717, 1.165) is 19.0 Å². The molecule has 0 saturated heterocycles. The summed E-state index contributed by atoms with van der Waals surface area (Å²) < 4.78 is 0. The van der Waals surface area contributed by atoms with E-state index in [1.165, 1.54) is 154 Å². The van der Waals surface area contributed by atoms with Crippen LogP contribution in [0.2, 0.25) is 0 Å². The first kappa shape index (κ1) is 27.2. The molecule has 3 aliphatic rings. The number of hydrogen-bond donors (Lipinski definition) is 1. The van der Waals surface area contributed by atoms with Crippen molar-refractivity contribution in [1.29, 1.82) is 0 Å². The van der Waals surface area contributed by atoms with Crippen LogP contribution in [0.5, 0.6) is 0 Å². The first-order valence-corrected chi connectivity index (χ1v) is 14.8. The fourth-order valence-electron chi connectivity index (χ4n) is 6.47. The Morgan fingerprint density at radius 3 is 1.35 bits per heavy atom. The standard InChI is InChI=1S/C29H58N2/c1-2-3-4-5-6-7-8-9-10-11-12-13-14-15-16-17-18-26-31(27-25-30)29-22-19-28(20-23-29)21-24-29/h28H,2-27,30H2,1H3. The lowest BCUT2D eigenvalue weighted by molar-refractivity contribution is -0.0107. The monoisotopic (exact) mass is 434 g/mol. The maximum absolute atomic E-state index is 5.99. The van der Waals surface area contributed by atoms with Gasteiger partial charge in [-0.25, -0.2) is 0 Å². The van der Waals surface area contributed by atoms with Gasteiger partial charge in [0.2, 0.25) is 0 Å². The summed E-state index contributed by atoms with van der Waals surface area (Å²) in [6, 6.07) is 0. The molecule has 3 fully saturated rings.